The molecule has 0 saturated heterocycles. The van der Waals surface area contributed by atoms with Gasteiger partial charge in [-0.25, -0.2) is 0 Å². The predicted molar refractivity (Wildman–Crippen MR) is 111 cm³/mol. The molecule has 1 amide bonds. The van der Waals surface area contributed by atoms with Crippen LogP contribution in [0.4, 0.5) is 5.69 Å². The molecule has 0 saturated carbocycles. The summed E-state index contributed by atoms with van der Waals surface area (Å²) in [5.41, 5.74) is 3.53. The zero-order valence-corrected chi connectivity index (χ0v) is 17.5. The maximum Gasteiger partial charge on any atom is 0.265 e. The zero-order valence-electron chi connectivity index (χ0n) is 16.6. The Bertz CT molecular complexity index is 508. The van der Waals surface area contributed by atoms with Crippen molar-refractivity contribution in [1.82, 2.24) is 0 Å². The van der Waals surface area contributed by atoms with Crippen molar-refractivity contribution >= 4 is 18.9 Å². The molecule has 136 valence electrons. The van der Waals surface area contributed by atoms with Gasteiger partial charge in [-0.15, -0.1) is 0 Å². The number of carbonyl (C=O) groups is 1. The second kappa shape index (κ2) is 10.2. The smallest absolute Gasteiger partial charge is 0.265 e. The van der Waals surface area contributed by atoms with E-state index in [2.05, 4.69) is 65.1 Å². The highest BCUT2D eigenvalue weighted by atomic mass is 31.2. The molecule has 2 nitrogen and oxygen atoms in total. The van der Waals surface area contributed by atoms with E-state index < -0.39 is 7.26 Å². The first-order chi connectivity index (χ1) is 11.5. The van der Waals surface area contributed by atoms with Crippen molar-refractivity contribution in [3.05, 3.63) is 29.3 Å². The van der Waals surface area contributed by atoms with Crippen LogP contribution in [-0.2, 0) is 4.79 Å². The van der Waals surface area contributed by atoms with Gasteiger partial charge in [-0.1, -0.05) is 45.4 Å². The van der Waals surface area contributed by atoms with Crippen LogP contribution < -0.4 is 5.32 Å². The minimum Gasteiger partial charge on any atom is -0.322 e. The molecule has 2 atom stereocenters. The topological polar surface area (TPSA) is 29.1 Å². The monoisotopic (exact) mass is 350 g/mol. The highest BCUT2D eigenvalue weighted by molar-refractivity contribution is 7.77. The quantitative estimate of drug-likeness (QED) is 0.495. The van der Waals surface area contributed by atoms with Crippen LogP contribution in [0.1, 0.15) is 64.5 Å². The van der Waals surface area contributed by atoms with E-state index in [0.29, 0.717) is 0 Å². The van der Waals surface area contributed by atoms with Crippen LogP contribution in [0.3, 0.4) is 0 Å². The van der Waals surface area contributed by atoms with Crippen molar-refractivity contribution in [2.24, 2.45) is 0 Å². The zero-order chi connectivity index (χ0) is 18.2. The van der Waals surface area contributed by atoms with Crippen LogP contribution in [0.15, 0.2) is 18.2 Å². The number of hydrogen-bond donors (Lipinski definition) is 1. The maximum absolute atomic E-state index is 13.2. The number of para-hydroxylation sites is 1. The number of rotatable bonds is 10. The summed E-state index contributed by atoms with van der Waals surface area (Å²) < 4.78 is 0. The molecule has 0 bridgehead atoms. The lowest BCUT2D eigenvalue weighted by atomic mass is 10.1. The molecule has 24 heavy (non-hydrogen) atoms. The maximum atomic E-state index is 13.2. The van der Waals surface area contributed by atoms with Gasteiger partial charge in [0, 0.05) is 12.9 Å². The molecule has 3 heteroatoms. The second-order valence-corrected chi connectivity index (χ2v) is 11.6. The van der Waals surface area contributed by atoms with E-state index in [1.54, 1.807) is 0 Å². The van der Waals surface area contributed by atoms with Crippen LogP contribution in [0.25, 0.3) is 0 Å². The van der Waals surface area contributed by atoms with Gasteiger partial charge in [-0.3, -0.25) is 4.79 Å². The third-order valence-electron chi connectivity index (χ3n) is 5.34. The minimum atomic E-state index is -1.24. The third-order valence-corrected chi connectivity index (χ3v) is 11.1. The average Bonchev–Trinajstić information content (AvgIpc) is 2.56. The van der Waals surface area contributed by atoms with Gasteiger partial charge in [0.15, 0.2) is 0 Å². The Kier molecular flexibility index (Phi) is 8.98. The summed E-state index contributed by atoms with van der Waals surface area (Å²) in [6.07, 6.45) is 8.35. The summed E-state index contributed by atoms with van der Waals surface area (Å²) in [6.45, 7) is 13.2. The first-order valence-corrected chi connectivity index (χ1v) is 12.1. The van der Waals surface area contributed by atoms with E-state index in [9.17, 15) is 4.79 Å². The SMILES string of the molecule is CCCC[P+](CC)(CCC)C(CC)C(=O)Nc1c(C)cccc1C. The van der Waals surface area contributed by atoms with Crippen LogP contribution >= 0.6 is 7.26 Å². The minimum absolute atomic E-state index is 0.202. The summed E-state index contributed by atoms with van der Waals surface area (Å²) in [5.74, 6) is 0.259. The molecule has 1 N–H and O–H groups in total. The number of carbonyl (C=O) groups excluding carboxylic acids is 1. The highest BCUT2D eigenvalue weighted by Crippen LogP contribution is 2.64. The fourth-order valence-electron chi connectivity index (χ4n) is 3.92. The molecule has 0 aliphatic rings. The predicted octanol–water partition coefficient (Wildman–Crippen LogP) is 6.27. The van der Waals surface area contributed by atoms with Crippen LogP contribution in [-0.4, -0.2) is 30.1 Å². The number of hydrogen-bond acceptors (Lipinski definition) is 1. The molecule has 0 aromatic heterocycles. The van der Waals surface area contributed by atoms with Crippen molar-refractivity contribution in [2.75, 3.05) is 23.8 Å². The number of anilines is 1. The molecule has 0 radical (unpaired) electrons. The molecule has 0 fully saturated rings. The van der Waals surface area contributed by atoms with E-state index >= 15 is 0 Å². The van der Waals surface area contributed by atoms with Gasteiger partial charge in [0.05, 0.1) is 18.5 Å². The summed E-state index contributed by atoms with van der Waals surface area (Å²) in [5, 5.41) is 3.29. The first-order valence-electron chi connectivity index (χ1n) is 9.68. The van der Waals surface area contributed by atoms with E-state index in [1.807, 2.05) is 0 Å². The summed E-state index contributed by atoms with van der Waals surface area (Å²) in [7, 11) is -1.24. The van der Waals surface area contributed by atoms with Gasteiger partial charge < -0.3 is 5.32 Å². The standard InChI is InChI=1S/C21H36NOP/c1-7-11-16-24(10-4,15-8-2)19(9-3)21(23)22-20-17(5)13-12-14-18(20)6/h12-14,19H,7-11,15-16H2,1-6H3/p+1. The fraction of sp³-hybridized carbons (Fsp3) is 0.667. The van der Waals surface area contributed by atoms with Gasteiger partial charge in [0.1, 0.15) is 5.66 Å². The molecular formula is C21H37NOP+. The summed E-state index contributed by atoms with van der Waals surface area (Å²) >= 11 is 0. The number of aryl methyl sites for hydroxylation is 2. The molecule has 0 spiro atoms. The summed E-state index contributed by atoms with van der Waals surface area (Å²) in [6, 6.07) is 6.21. The van der Waals surface area contributed by atoms with Crippen molar-refractivity contribution in [2.45, 2.75) is 72.9 Å². The molecule has 2 unspecified atom stereocenters. The normalized spacial score (nSPS) is 14.9. The average molecular weight is 351 g/mol. The van der Waals surface area contributed by atoms with Crippen LogP contribution in [0.5, 0.6) is 0 Å². The Hall–Kier alpha value is -0.880. The van der Waals surface area contributed by atoms with Crippen molar-refractivity contribution in [3.63, 3.8) is 0 Å². The fourth-order valence-corrected chi connectivity index (χ4v) is 9.01. The van der Waals surface area contributed by atoms with Crippen molar-refractivity contribution < 1.29 is 4.79 Å². The van der Waals surface area contributed by atoms with E-state index in [1.165, 1.54) is 37.7 Å². The van der Waals surface area contributed by atoms with Crippen LogP contribution in [0, 0.1) is 13.8 Å². The van der Waals surface area contributed by atoms with Crippen molar-refractivity contribution in [3.8, 4) is 0 Å². The van der Waals surface area contributed by atoms with Gasteiger partial charge in [-0.05, 0) is 51.2 Å². The molecule has 1 aromatic rings. The first kappa shape index (κ1) is 21.2. The Morgan fingerprint density at radius 2 is 1.67 bits per heavy atom. The van der Waals surface area contributed by atoms with E-state index in [-0.39, 0.29) is 11.6 Å². The highest BCUT2D eigenvalue weighted by Gasteiger charge is 2.46. The largest absolute Gasteiger partial charge is 0.322 e. The lowest BCUT2D eigenvalue weighted by Gasteiger charge is -2.33. The molecule has 0 aliphatic carbocycles. The second-order valence-electron chi connectivity index (χ2n) is 7.02. The van der Waals surface area contributed by atoms with Gasteiger partial charge in [0.2, 0.25) is 0 Å². The molecule has 1 rings (SSSR count). The Morgan fingerprint density at radius 3 is 2.12 bits per heavy atom. The molecular weight excluding hydrogens is 313 g/mol. The number of nitrogens with one attached hydrogen (secondary N) is 1. The molecule has 1 aromatic carbocycles. The van der Waals surface area contributed by atoms with Crippen molar-refractivity contribution in [1.29, 1.82) is 0 Å². The number of amides is 1. The Labute approximate surface area is 150 Å². The lowest BCUT2D eigenvalue weighted by Crippen LogP contribution is -2.33. The third kappa shape index (κ3) is 5.06. The van der Waals surface area contributed by atoms with E-state index in [0.717, 1.165) is 23.2 Å². The van der Waals surface area contributed by atoms with Gasteiger partial charge in [-0.2, -0.15) is 0 Å². The Balaban J connectivity index is 3.08. The Morgan fingerprint density at radius 1 is 1.04 bits per heavy atom. The lowest BCUT2D eigenvalue weighted by molar-refractivity contribution is -0.115. The van der Waals surface area contributed by atoms with Gasteiger partial charge >= 0.3 is 0 Å². The summed E-state index contributed by atoms with van der Waals surface area (Å²) in [4.78, 5) is 13.2. The molecule has 0 heterocycles. The molecule has 0 aliphatic heterocycles. The van der Waals surface area contributed by atoms with E-state index in [4.69, 9.17) is 0 Å². The number of unbranched alkanes of at least 4 members (excludes halogenated alkanes) is 1. The number of benzene rings is 1. The van der Waals surface area contributed by atoms with Gasteiger partial charge in [0.25, 0.3) is 5.91 Å². The van der Waals surface area contributed by atoms with Crippen LogP contribution in [0.2, 0.25) is 0 Å².